The molecule has 7 nitrogen and oxygen atoms in total. The standard InChI is InChI=1S/C28H24BrClN2O5S/c1-16-17(2)22(10-9-20(16)29)31-26(33)15-37-23-11-8-18(12-24(23)36-3)13-25-27(34)32(28(35)38-25)14-19-6-4-5-7-21(19)30/h4-13H,14-15H2,1-3H3,(H,31,33)/b25-13+. The molecule has 1 aliphatic heterocycles. The van der Waals surface area contributed by atoms with E-state index in [0.717, 1.165) is 27.4 Å². The van der Waals surface area contributed by atoms with Crippen molar-refractivity contribution in [1.29, 1.82) is 0 Å². The monoisotopic (exact) mass is 614 g/mol. The van der Waals surface area contributed by atoms with Gasteiger partial charge in [-0.2, -0.15) is 0 Å². The Morgan fingerprint density at radius 1 is 1.08 bits per heavy atom. The maximum Gasteiger partial charge on any atom is 0.293 e. The molecule has 0 atom stereocenters. The van der Waals surface area contributed by atoms with Crippen LogP contribution in [0, 0.1) is 13.8 Å². The van der Waals surface area contributed by atoms with Crippen molar-refractivity contribution in [2.45, 2.75) is 20.4 Å². The van der Waals surface area contributed by atoms with Gasteiger partial charge in [0.25, 0.3) is 17.1 Å². The topological polar surface area (TPSA) is 84.9 Å². The first-order valence-electron chi connectivity index (χ1n) is 11.5. The number of hydrogen-bond acceptors (Lipinski definition) is 6. The Morgan fingerprint density at radius 2 is 1.84 bits per heavy atom. The smallest absolute Gasteiger partial charge is 0.293 e. The van der Waals surface area contributed by atoms with Crippen LogP contribution in [0.1, 0.15) is 22.3 Å². The molecular formula is C28H24BrClN2O5S. The zero-order valence-electron chi connectivity index (χ0n) is 20.8. The van der Waals surface area contributed by atoms with Crippen LogP contribution in [0.2, 0.25) is 5.02 Å². The Morgan fingerprint density at radius 3 is 2.58 bits per heavy atom. The lowest BCUT2D eigenvalue weighted by Gasteiger charge is -2.14. The maximum absolute atomic E-state index is 12.9. The van der Waals surface area contributed by atoms with Gasteiger partial charge in [0.05, 0.1) is 18.6 Å². The number of carbonyl (C=O) groups excluding carboxylic acids is 3. The van der Waals surface area contributed by atoms with Gasteiger partial charge in [0.15, 0.2) is 18.1 Å². The maximum atomic E-state index is 12.9. The highest BCUT2D eigenvalue weighted by molar-refractivity contribution is 9.10. The van der Waals surface area contributed by atoms with Crippen LogP contribution in [0.4, 0.5) is 10.5 Å². The number of nitrogens with zero attached hydrogens (tertiary/aromatic N) is 1. The van der Waals surface area contributed by atoms with Gasteiger partial charge in [-0.15, -0.1) is 0 Å². The van der Waals surface area contributed by atoms with Gasteiger partial charge in [-0.25, -0.2) is 0 Å². The molecule has 10 heteroatoms. The minimum atomic E-state index is -0.394. The molecule has 0 saturated carbocycles. The van der Waals surface area contributed by atoms with Gasteiger partial charge >= 0.3 is 0 Å². The number of benzene rings is 3. The number of nitrogens with one attached hydrogen (secondary N) is 1. The van der Waals surface area contributed by atoms with E-state index in [1.165, 1.54) is 12.0 Å². The van der Waals surface area contributed by atoms with Crippen LogP contribution in [0.5, 0.6) is 11.5 Å². The molecule has 4 rings (SSSR count). The average molecular weight is 616 g/mol. The van der Waals surface area contributed by atoms with E-state index in [4.69, 9.17) is 21.1 Å². The van der Waals surface area contributed by atoms with Crippen molar-refractivity contribution in [3.05, 3.63) is 91.3 Å². The largest absolute Gasteiger partial charge is 0.493 e. The predicted molar refractivity (Wildman–Crippen MR) is 154 cm³/mol. The summed E-state index contributed by atoms with van der Waals surface area (Å²) in [5.74, 6) is 0.0512. The van der Waals surface area contributed by atoms with Gasteiger partial charge in [0, 0.05) is 15.2 Å². The van der Waals surface area contributed by atoms with Crippen molar-refractivity contribution in [3.8, 4) is 11.5 Å². The molecule has 0 unspecified atom stereocenters. The molecule has 3 aromatic rings. The number of halogens is 2. The summed E-state index contributed by atoms with van der Waals surface area (Å²) < 4.78 is 12.1. The Balaban J connectivity index is 1.43. The summed E-state index contributed by atoms with van der Waals surface area (Å²) in [6, 6.07) is 15.9. The van der Waals surface area contributed by atoms with Gasteiger partial charge in [-0.3, -0.25) is 19.3 Å². The first kappa shape index (κ1) is 27.8. The number of methoxy groups -OCH3 is 1. The second-order valence-corrected chi connectivity index (χ2v) is 10.7. The molecule has 38 heavy (non-hydrogen) atoms. The molecule has 1 heterocycles. The van der Waals surface area contributed by atoms with E-state index in [0.29, 0.717) is 33.3 Å². The Kier molecular flexibility index (Phi) is 8.81. The summed E-state index contributed by atoms with van der Waals surface area (Å²) in [4.78, 5) is 39.4. The average Bonchev–Trinajstić information content (AvgIpc) is 3.16. The lowest BCUT2D eigenvalue weighted by molar-refractivity contribution is -0.123. The van der Waals surface area contributed by atoms with E-state index >= 15 is 0 Å². The second-order valence-electron chi connectivity index (χ2n) is 8.45. The Hall–Kier alpha value is -3.27. The van der Waals surface area contributed by atoms with Crippen molar-refractivity contribution >= 4 is 68.1 Å². The first-order valence-corrected chi connectivity index (χ1v) is 13.5. The van der Waals surface area contributed by atoms with Gasteiger partial charge < -0.3 is 14.8 Å². The Labute approximate surface area is 238 Å². The number of carbonyl (C=O) groups is 3. The van der Waals surface area contributed by atoms with Gasteiger partial charge in [-0.1, -0.05) is 51.8 Å². The number of amides is 3. The number of hydrogen-bond donors (Lipinski definition) is 1. The number of ether oxygens (including phenoxy) is 2. The molecule has 1 fully saturated rings. The third-order valence-electron chi connectivity index (χ3n) is 6.00. The number of anilines is 1. The molecule has 0 radical (unpaired) electrons. The van der Waals surface area contributed by atoms with Gasteiger partial charge in [-0.05, 0) is 84.3 Å². The highest BCUT2D eigenvalue weighted by Gasteiger charge is 2.35. The van der Waals surface area contributed by atoms with E-state index in [1.54, 1.807) is 48.5 Å². The summed E-state index contributed by atoms with van der Waals surface area (Å²) in [5.41, 5.74) is 4.05. The molecule has 1 aliphatic rings. The van der Waals surface area contributed by atoms with Gasteiger partial charge in [0.1, 0.15) is 0 Å². The van der Waals surface area contributed by atoms with Crippen molar-refractivity contribution in [2.24, 2.45) is 0 Å². The highest BCUT2D eigenvalue weighted by Crippen LogP contribution is 2.36. The van der Waals surface area contributed by atoms with E-state index < -0.39 is 5.91 Å². The minimum Gasteiger partial charge on any atom is -0.493 e. The van der Waals surface area contributed by atoms with E-state index in [1.807, 2.05) is 26.0 Å². The quantitative estimate of drug-likeness (QED) is 0.275. The van der Waals surface area contributed by atoms with E-state index in [9.17, 15) is 14.4 Å². The molecule has 196 valence electrons. The lowest BCUT2D eigenvalue weighted by atomic mass is 10.1. The van der Waals surface area contributed by atoms with Crippen LogP contribution in [-0.2, 0) is 16.1 Å². The van der Waals surface area contributed by atoms with Crippen molar-refractivity contribution in [3.63, 3.8) is 0 Å². The van der Waals surface area contributed by atoms with Crippen LogP contribution >= 0.6 is 39.3 Å². The third-order valence-corrected chi connectivity index (χ3v) is 8.13. The summed E-state index contributed by atoms with van der Waals surface area (Å²) in [5, 5.41) is 2.99. The molecular weight excluding hydrogens is 592 g/mol. The third kappa shape index (κ3) is 6.23. The van der Waals surface area contributed by atoms with Crippen LogP contribution < -0.4 is 14.8 Å². The molecule has 3 aromatic carbocycles. The summed E-state index contributed by atoms with van der Waals surface area (Å²) in [6.07, 6.45) is 1.62. The fourth-order valence-electron chi connectivity index (χ4n) is 3.73. The van der Waals surface area contributed by atoms with Crippen LogP contribution in [-0.4, -0.2) is 35.7 Å². The zero-order chi connectivity index (χ0) is 27.4. The normalized spacial score (nSPS) is 14.2. The van der Waals surface area contributed by atoms with Crippen molar-refractivity contribution in [1.82, 2.24) is 4.90 Å². The lowest BCUT2D eigenvalue weighted by Crippen LogP contribution is -2.27. The van der Waals surface area contributed by atoms with Crippen molar-refractivity contribution < 1.29 is 23.9 Å². The summed E-state index contributed by atoms with van der Waals surface area (Å²) in [7, 11) is 1.48. The minimum absolute atomic E-state index is 0.0964. The molecule has 3 amide bonds. The first-order chi connectivity index (χ1) is 18.2. The highest BCUT2D eigenvalue weighted by atomic mass is 79.9. The molecule has 0 bridgehead atoms. The SMILES string of the molecule is COc1cc(/C=C2/SC(=O)N(Cc3ccccc3Cl)C2=O)ccc1OCC(=O)Nc1ccc(Br)c(C)c1C. The van der Waals surface area contributed by atoms with Crippen molar-refractivity contribution in [2.75, 3.05) is 19.0 Å². The summed E-state index contributed by atoms with van der Waals surface area (Å²) >= 11 is 10.5. The fraction of sp³-hybridized carbons (Fsp3) is 0.179. The van der Waals surface area contributed by atoms with Crippen LogP contribution in [0.3, 0.4) is 0 Å². The molecule has 0 spiro atoms. The molecule has 1 saturated heterocycles. The van der Waals surface area contributed by atoms with E-state index in [2.05, 4.69) is 21.2 Å². The predicted octanol–water partition coefficient (Wildman–Crippen LogP) is 6.98. The molecule has 1 N–H and O–H groups in total. The number of imide groups is 1. The Bertz CT molecular complexity index is 1460. The van der Waals surface area contributed by atoms with Crippen LogP contribution in [0.15, 0.2) is 64.0 Å². The number of thioether (sulfide) groups is 1. The molecule has 0 aliphatic carbocycles. The summed E-state index contributed by atoms with van der Waals surface area (Å²) in [6.45, 7) is 3.78. The van der Waals surface area contributed by atoms with E-state index in [-0.39, 0.29) is 29.2 Å². The number of rotatable bonds is 8. The zero-order valence-corrected chi connectivity index (χ0v) is 24.0. The van der Waals surface area contributed by atoms with Crippen LogP contribution in [0.25, 0.3) is 6.08 Å². The fourth-order valence-corrected chi connectivity index (χ4v) is 5.19. The second kappa shape index (κ2) is 12.1. The molecule has 0 aromatic heterocycles. The van der Waals surface area contributed by atoms with Gasteiger partial charge in [0.2, 0.25) is 0 Å².